The summed E-state index contributed by atoms with van der Waals surface area (Å²) in [5.41, 5.74) is 1.19. The molecule has 0 spiro atoms. The van der Waals surface area contributed by atoms with Gasteiger partial charge in [-0.1, -0.05) is 17.7 Å². The number of halogens is 1. The molecular weight excluding hydrogens is 300 g/mol. The summed E-state index contributed by atoms with van der Waals surface area (Å²) in [6.45, 7) is 1.55. The second-order valence-corrected chi connectivity index (χ2v) is 7.39. The Labute approximate surface area is 124 Å². The van der Waals surface area contributed by atoms with Gasteiger partial charge in [-0.15, -0.1) is 0 Å². The van der Waals surface area contributed by atoms with Crippen molar-refractivity contribution in [1.29, 1.82) is 0 Å². The van der Waals surface area contributed by atoms with Crippen molar-refractivity contribution in [3.05, 3.63) is 28.8 Å². The first-order valence-corrected chi connectivity index (χ1v) is 8.53. The molecule has 1 saturated carbocycles. The summed E-state index contributed by atoms with van der Waals surface area (Å²) in [4.78, 5) is 11.9. The third kappa shape index (κ3) is 3.86. The molecule has 1 N–H and O–H groups in total. The van der Waals surface area contributed by atoms with Gasteiger partial charge in [0.2, 0.25) is 15.9 Å². The van der Waals surface area contributed by atoms with E-state index >= 15 is 0 Å². The lowest BCUT2D eigenvalue weighted by atomic mass is 10.2. The number of nitrogens with one attached hydrogen (secondary N) is 1. The number of amides is 1. The lowest BCUT2D eigenvalue weighted by Crippen LogP contribution is -2.41. The van der Waals surface area contributed by atoms with Crippen molar-refractivity contribution < 1.29 is 13.2 Å². The minimum atomic E-state index is -3.55. The quantitative estimate of drug-likeness (QED) is 0.899. The van der Waals surface area contributed by atoms with Gasteiger partial charge in [0.15, 0.2) is 0 Å². The highest BCUT2D eigenvalue weighted by Gasteiger charge is 2.27. The summed E-state index contributed by atoms with van der Waals surface area (Å²) < 4.78 is 25.0. The number of hydrogen-bond donors (Lipinski definition) is 1. The van der Waals surface area contributed by atoms with Gasteiger partial charge >= 0.3 is 0 Å². The first-order chi connectivity index (χ1) is 9.27. The fraction of sp³-hybridized carbons (Fsp3) is 0.462. The normalized spacial score (nSPS) is 14.9. The first kappa shape index (κ1) is 15.1. The number of carbonyl (C=O) groups excluding carboxylic acids is 1. The third-order valence-electron chi connectivity index (χ3n) is 3.07. The third-order valence-corrected chi connectivity index (χ3v) is 4.43. The van der Waals surface area contributed by atoms with E-state index in [1.807, 2.05) is 0 Å². The fourth-order valence-electron chi connectivity index (χ4n) is 1.86. The molecule has 0 saturated heterocycles. The Hall–Kier alpha value is -1.27. The van der Waals surface area contributed by atoms with Gasteiger partial charge in [0, 0.05) is 11.1 Å². The molecule has 0 aliphatic heterocycles. The van der Waals surface area contributed by atoms with Crippen LogP contribution >= 0.6 is 11.6 Å². The van der Waals surface area contributed by atoms with E-state index in [2.05, 4.69) is 5.32 Å². The van der Waals surface area contributed by atoms with Crippen molar-refractivity contribution in [3.8, 4) is 0 Å². The maximum atomic E-state index is 11.9. The Bertz CT molecular complexity index is 627. The van der Waals surface area contributed by atoms with Gasteiger partial charge in [-0.2, -0.15) is 0 Å². The molecule has 0 bridgehead atoms. The monoisotopic (exact) mass is 316 g/mol. The Morgan fingerprint density at radius 1 is 1.45 bits per heavy atom. The Morgan fingerprint density at radius 2 is 2.10 bits per heavy atom. The van der Waals surface area contributed by atoms with Gasteiger partial charge in [0.25, 0.3) is 0 Å². The zero-order valence-corrected chi connectivity index (χ0v) is 13.0. The van der Waals surface area contributed by atoms with Crippen LogP contribution in [-0.2, 0) is 14.8 Å². The molecule has 0 aromatic heterocycles. The Balaban J connectivity index is 2.27. The topological polar surface area (TPSA) is 66.5 Å². The second-order valence-electron chi connectivity index (χ2n) is 5.04. The SMILES string of the molecule is Cc1ccc(Cl)cc1N(CC(=O)NC1CC1)S(C)(=O)=O. The molecule has 5 nitrogen and oxygen atoms in total. The summed E-state index contributed by atoms with van der Waals surface area (Å²) in [6.07, 6.45) is 3.00. The van der Waals surface area contributed by atoms with E-state index in [1.165, 1.54) is 0 Å². The molecular formula is C13H17ClN2O3S. The van der Waals surface area contributed by atoms with Crippen molar-refractivity contribution in [2.24, 2.45) is 0 Å². The van der Waals surface area contributed by atoms with Crippen molar-refractivity contribution in [1.82, 2.24) is 5.32 Å². The second kappa shape index (κ2) is 5.61. The van der Waals surface area contributed by atoms with Crippen LogP contribution in [0.2, 0.25) is 5.02 Å². The Morgan fingerprint density at radius 3 is 2.65 bits per heavy atom. The number of aryl methyl sites for hydroxylation is 1. The molecule has 0 atom stereocenters. The Kier molecular flexibility index (Phi) is 4.25. The van der Waals surface area contributed by atoms with Crippen LogP contribution < -0.4 is 9.62 Å². The number of sulfonamides is 1. The van der Waals surface area contributed by atoms with Crippen LogP contribution in [0.4, 0.5) is 5.69 Å². The molecule has 20 heavy (non-hydrogen) atoms. The van der Waals surface area contributed by atoms with Crippen LogP contribution in [0.15, 0.2) is 18.2 Å². The average molecular weight is 317 g/mol. The molecule has 1 aromatic rings. The highest BCUT2D eigenvalue weighted by Crippen LogP contribution is 2.26. The maximum Gasteiger partial charge on any atom is 0.240 e. The molecule has 0 heterocycles. The van der Waals surface area contributed by atoms with E-state index < -0.39 is 10.0 Å². The first-order valence-electron chi connectivity index (χ1n) is 6.30. The van der Waals surface area contributed by atoms with Crippen LogP contribution in [0.25, 0.3) is 0 Å². The smallest absolute Gasteiger partial charge is 0.240 e. The van der Waals surface area contributed by atoms with E-state index in [1.54, 1.807) is 25.1 Å². The summed E-state index contributed by atoms with van der Waals surface area (Å²) in [6, 6.07) is 5.17. The lowest BCUT2D eigenvalue weighted by molar-refractivity contribution is -0.119. The van der Waals surface area contributed by atoms with Crippen LogP contribution in [0.1, 0.15) is 18.4 Å². The number of nitrogens with zero attached hydrogens (tertiary/aromatic N) is 1. The van der Waals surface area contributed by atoms with Gasteiger partial charge in [-0.05, 0) is 37.5 Å². The number of rotatable bonds is 5. The van der Waals surface area contributed by atoms with E-state index in [-0.39, 0.29) is 18.5 Å². The summed E-state index contributed by atoms with van der Waals surface area (Å²) in [5, 5.41) is 3.21. The van der Waals surface area contributed by atoms with Gasteiger partial charge in [0.05, 0.1) is 11.9 Å². The highest BCUT2D eigenvalue weighted by molar-refractivity contribution is 7.92. The van der Waals surface area contributed by atoms with Crippen molar-refractivity contribution in [2.75, 3.05) is 17.1 Å². The molecule has 1 fully saturated rings. The molecule has 1 aliphatic rings. The van der Waals surface area contributed by atoms with Crippen LogP contribution in [0, 0.1) is 6.92 Å². The minimum absolute atomic E-state index is 0.198. The highest BCUT2D eigenvalue weighted by atomic mass is 35.5. The number of carbonyl (C=O) groups is 1. The predicted octanol–water partition coefficient (Wildman–Crippen LogP) is 1.69. The van der Waals surface area contributed by atoms with Crippen LogP contribution in [0.3, 0.4) is 0 Å². The zero-order chi connectivity index (χ0) is 14.9. The number of benzene rings is 1. The largest absolute Gasteiger partial charge is 0.352 e. The molecule has 0 unspecified atom stereocenters. The summed E-state index contributed by atoms with van der Waals surface area (Å²) >= 11 is 5.92. The lowest BCUT2D eigenvalue weighted by Gasteiger charge is -2.23. The van der Waals surface area contributed by atoms with Gasteiger partial charge < -0.3 is 5.32 Å². The molecule has 1 aliphatic carbocycles. The van der Waals surface area contributed by atoms with E-state index in [9.17, 15) is 13.2 Å². The molecule has 110 valence electrons. The number of hydrogen-bond acceptors (Lipinski definition) is 3. The minimum Gasteiger partial charge on any atom is -0.352 e. The van der Waals surface area contributed by atoms with E-state index in [4.69, 9.17) is 11.6 Å². The van der Waals surface area contributed by atoms with Crippen LogP contribution in [-0.4, -0.2) is 33.2 Å². The van der Waals surface area contributed by atoms with Crippen LogP contribution in [0.5, 0.6) is 0 Å². The molecule has 1 amide bonds. The maximum absolute atomic E-state index is 11.9. The average Bonchev–Trinajstić information content (AvgIpc) is 3.12. The van der Waals surface area contributed by atoms with Crippen molar-refractivity contribution >= 4 is 33.2 Å². The zero-order valence-electron chi connectivity index (χ0n) is 11.4. The molecule has 2 rings (SSSR count). The fourth-order valence-corrected chi connectivity index (χ4v) is 2.94. The molecule has 1 aromatic carbocycles. The number of anilines is 1. The van der Waals surface area contributed by atoms with Gasteiger partial charge in [-0.25, -0.2) is 8.42 Å². The summed E-state index contributed by atoms with van der Waals surface area (Å²) in [7, 11) is -3.55. The van der Waals surface area contributed by atoms with E-state index in [0.717, 1.165) is 29.0 Å². The standard InChI is InChI=1S/C13H17ClN2O3S/c1-9-3-4-10(14)7-12(9)16(20(2,18)19)8-13(17)15-11-5-6-11/h3-4,7,11H,5-6,8H2,1-2H3,(H,15,17). The van der Waals surface area contributed by atoms with Crippen molar-refractivity contribution in [2.45, 2.75) is 25.8 Å². The molecule has 0 radical (unpaired) electrons. The summed E-state index contributed by atoms with van der Waals surface area (Å²) in [5.74, 6) is -0.294. The molecule has 7 heteroatoms. The van der Waals surface area contributed by atoms with Crippen molar-refractivity contribution in [3.63, 3.8) is 0 Å². The van der Waals surface area contributed by atoms with Gasteiger partial charge in [-0.3, -0.25) is 9.10 Å². The van der Waals surface area contributed by atoms with E-state index in [0.29, 0.717) is 10.7 Å². The van der Waals surface area contributed by atoms with Gasteiger partial charge in [0.1, 0.15) is 6.54 Å². The predicted molar refractivity (Wildman–Crippen MR) is 79.5 cm³/mol.